The lowest BCUT2D eigenvalue weighted by Gasteiger charge is -2.27. The van der Waals surface area contributed by atoms with E-state index in [1.165, 1.54) is 0 Å². The summed E-state index contributed by atoms with van der Waals surface area (Å²) in [6, 6.07) is 0.213. The molecule has 7 nitrogen and oxygen atoms in total. The van der Waals surface area contributed by atoms with Gasteiger partial charge in [0.2, 0.25) is 5.89 Å². The smallest absolute Gasteiger partial charge is 0.292 e. The maximum atomic E-state index is 12.1. The summed E-state index contributed by atoms with van der Waals surface area (Å²) < 4.78 is 10.6. The van der Waals surface area contributed by atoms with Crippen LogP contribution in [0, 0.1) is 0 Å². The number of carbonyl (C=O) groups is 1. The summed E-state index contributed by atoms with van der Waals surface area (Å²) in [6.07, 6.45) is 3.89. The summed E-state index contributed by atoms with van der Waals surface area (Å²) in [5.41, 5.74) is 0. The maximum absolute atomic E-state index is 12.1. The number of rotatable bonds is 3. The third kappa shape index (κ3) is 2.99. The lowest BCUT2D eigenvalue weighted by molar-refractivity contribution is 0.0135. The molecule has 7 heteroatoms. The minimum absolute atomic E-state index is 0.0900. The van der Waals surface area contributed by atoms with E-state index in [0.29, 0.717) is 12.5 Å². The molecule has 0 radical (unpaired) electrons. The Morgan fingerprint density at radius 1 is 1.45 bits per heavy atom. The van der Waals surface area contributed by atoms with Crippen molar-refractivity contribution in [3.8, 4) is 0 Å². The summed E-state index contributed by atoms with van der Waals surface area (Å²) in [5.74, 6) is 0.359. The van der Waals surface area contributed by atoms with Crippen LogP contribution in [0.2, 0.25) is 0 Å². The molecular formula is C13H20N4O3. The van der Waals surface area contributed by atoms with Gasteiger partial charge in [-0.3, -0.25) is 4.79 Å². The molecule has 0 aliphatic carbocycles. The monoisotopic (exact) mass is 280 g/mol. The predicted octanol–water partition coefficient (Wildman–Crippen LogP) is 0.791. The number of amides is 1. The fourth-order valence-electron chi connectivity index (χ4n) is 2.74. The first-order chi connectivity index (χ1) is 9.72. The second-order valence-electron chi connectivity index (χ2n) is 5.48. The zero-order chi connectivity index (χ0) is 13.9. The van der Waals surface area contributed by atoms with Gasteiger partial charge in [-0.1, -0.05) is 5.16 Å². The zero-order valence-corrected chi connectivity index (χ0v) is 11.6. The van der Waals surface area contributed by atoms with Crippen molar-refractivity contribution in [1.29, 1.82) is 0 Å². The quantitative estimate of drug-likeness (QED) is 0.851. The summed E-state index contributed by atoms with van der Waals surface area (Å²) in [4.78, 5) is 16.3. The summed E-state index contributed by atoms with van der Waals surface area (Å²) >= 11 is 0. The van der Waals surface area contributed by atoms with Crippen molar-refractivity contribution in [1.82, 2.24) is 20.8 Å². The van der Waals surface area contributed by atoms with Crippen LogP contribution in [0.25, 0.3) is 0 Å². The molecule has 1 amide bonds. The van der Waals surface area contributed by atoms with Gasteiger partial charge in [-0.15, -0.1) is 0 Å². The number of nitrogens with one attached hydrogen (secondary N) is 2. The average molecular weight is 280 g/mol. The van der Waals surface area contributed by atoms with E-state index in [0.717, 1.165) is 32.2 Å². The summed E-state index contributed by atoms with van der Waals surface area (Å²) in [7, 11) is 0. The molecule has 0 bridgehead atoms. The largest absolute Gasteiger partial charge is 0.378 e. The third-order valence-electron chi connectivity index (χ3n) is 3.82. The Bertz CT molecular complexity index is 470. The Morgan fingerprint density at radius 2 is 2.35 bits per heavy atom. The third-order valence-corrected chi connectivity index (χ3v) is 3.82. The van der Waals surface area contributed by atoms with Crippen molar-refractivity contribution in [2.24, 2.45) is 0 Å². The van der Waals surface area contributed by atoms with Crippen molar-refractivity contribution in [3.05, 3.63) is 11.7 Å². The Labute approximate surface area is 117 Å². The van der Waals surface area contributed by atoms with E-state index in [1.807, 2.05) is 6.92 Å². The molecule has 1 aromatic rings. The Balaban J connectivity index is 1.59. The molecule has 0 saturated carbocycles. The van der Waals surface area contributed by atoms with E-state index in [2.05, 4.69) is 20.8 Å². The van der Waals surface area contributed by atoms with Gasteiger partial charge < -0.3 is 19.9 Å². The molecule has 2 aliphatic rings. The van der Waals surface area contributed by atoms with E-state index < -0.39 is 0 Å². The summed E-state index contributed by atoms with van der Waals surface area (Å²) in [5, 5.41) is 9.99. The van der Waals surface area contributed by atoms with Crippen LogP contribution in [0.15, 0.2) is 4.52 Å². The van der Waals surface area contributed by atoms with Crippen molar-refractivity contribution in [2.45, 2.75) is 50.8 Å². The number of aromatic nitrogens is 2. The molecule has 2 fully saturated rings. The number of ether oxygens (including phenoxy) is 1. The van der Waals surface area contributed by atoms with Crippen molar-refractivity contribution in [2.75, 3.05) is 13.2 Å². The first-order valence-corrected chi connectivity index (χ1v) is 7.22. The molecule has 2 N–H and O–H groups in total. The van der Waals surface area contributed by atoms with E-state index in [4.69, 9.17) is 9.26 Å². The number of hydrogen-bond acceptors (Lipinski definition) is 6. The Kier molecular flexibility index (Phi) is 3.98. The van der Waals surface area contributed by atoms with Crippen LogP contribution in [0.1, 0.15) is 55.2 Å². The lowest BCUT2D eigenvalue weighted by atomic mass is 10.0. The van der Waals surface area contributed by atoms with Crippen LogP contribution in [0.4, 0.5) is 0 Å². The maximum Gasteiger partial charge on any atom is 0.292 e. The molecular weight excluding hydrogens is 260 g/mol. The normalized spacial score (nSPS) is 30.4. The van der Waals surface area contributed by atoms with Gasteiger partial charge in [0.25, 0.3) is 11.7 Å². The molecule has 2 saturated heterocycles. The standard InChI is InChI=1S/C13H20N4O3/c1-8-7-9(4-6-19-8)15-12(18)11-16-13(20-17-11)10-3-2-5-14-10/h8-10,14H,2-7H2,1H3,(H,15,18). The second kappa shape index (κ2) is 5.88. The highest BCUT2D eigenvalue weighted by Crippen LogP contribution is 2.21. The van der Waals surface area contributed by atoms with Crippen LogP contribution < -0.4 is 10.6 Å². The van der Waals surface area contributed by atoms with E-state index >= 15 is 0 Å². The number of carbonyl (C=O) groups excluding carboxylic acids is 1. The molecule has 3 atom stereocenters. The molecule has 3 unspecified atom stereocenters. The first-order valence-electron chi connectivity index (χ1n) is 7.22. The highest BCUT2D eigenvalue weighted by Gasteiger charge is 2.26. The van der Waals surface area contributed by atoms with Crippen LogP contribution in [0.5, 0.6) is 0 Å². The molecule has 0 aromatic carbocycles. The second-order valence-corrected chi connectivity index (χ2v) is 5.48. The van der Waals surface area contributed by atoms with E-state index in [1.54, 1.807) is 0 Å². The summed E-state index contributed by atoms with van der Waals surface area (Å²) in [6.45, 7) is 3.64. The van der Waals surface area contributed by atoms with Gasteiger partial charge in [0.15, 0.2) is 0 Å². The molecule has 110 valence electrons. The topological polar surface area (TPSA) is 89.3 Å². The first kappa shape index (κ1) is 13.5. The van der Waals surface area contributed by atoms with Gasteiger partial charge in [0.05, 0.1) is 12.1 Å². The highest BCUT2D eigenvalue weighted by molar-refractivity contribution is 5.90. The van der Waals surface area contributed by atoms with Crippen LogP contribution in [-0.2, 0) is 4.74 Å². The van der Waals surface area contributed by atoms with Gasteiger partial charge in [-0.05, 0) is 39.2 Å². The van der Waals surface area contributed by atoms with E-state index in [9.17, 15) is 4.79 Å². The number of nitrogens with zero attached hydrogens (tertiary/aromatic N) is 2. The van der Waals surface area contributed by atoms with Gasteiger partial charge in [0.1, 0.15) is 0 Å². The molecule has 20 heavy (non-hydrogen) atoms. The zero-order valence-electron chi connectivity index (χ0n) is 11.6. The van der Waals surface area contributed by atoms with E-state index in [-0.39, 0.29) is 29.9 Å². The Morgan fingerprint density at radius 3 is 3.10 bits per heavy atom. The van der Waals surface area contributed by atoms with Crippen molar-refractivity contribution < 1.29 is 14.1 Å². The predicted molar refractivity (Wildman–Crippen MR) is 70.2 cm³/mol. The minimum atomic E-state index is -0.267. The molecule has 1 aromatic heterocycles. The van der Waals surface area contributed by atoms with Crippen molar-refractivity contribution in [3.63, 3.8) is 0 Å². The van der Waals surface area contributed by atoms with Gasteiger partial charge >= 0.3 is 0 Å². The van der Waals surface area contributed by atoms with Crippen LogP contribution in [0.3, 0.4) is 0 Å². The minimum Gasteiger partial charge on any atom is -0.378 e. The van der Waals surface area contributed by atoms with Gasteiger partial charge in [0, 0.05) is 12.6 Å². The fraction of sp³-hybridized carbons (Fsp3) is 0.769. The highest BCUT2D eigenvalue weighted by atomic mass is 16.5. The Hall–Kier alpha value is -1.47. The SMILES string of the molecule is CC1CC(NC(=O)c2noc(C3CCCN3)n2)CCO1. The molecule has 0 spiro atoms. The van der Waals surface area contributed by atoms with Crippen LogP contribution >= 0.6 is 0 Å². The fourth-order valence-corrected chi connectivity index (χ4v) is 2.74. The van der Waals surface area contributed by atoms with Gasteiger partial charge in [-0.2, -0.15) is 4.98 Å². The molecule has 3 heterocycles. The van der Waals surface area contributed by atoms with Gasteiger partial charge in [-0.25, -0.2) is 0 Å². The number of hydrogen-bond donors (Lipinski definition) is 2. The average Bonchev–Trinajstić information content (AvgIpc) is 3.10. The molecule has 2 aliphatic heterocycles. The van der Waals surface area contributed by atoms with Crippen LogP contribution in [-0.4, -0.2) is 41.3 Å². The molecule has 3 rings (SSSR count). The van der Waals surface area contributed by atoms with Crippen molar-refractivity contribution >= 4 is 5.91 Å². The lowest BCUT2D eigenvalue weighted by Crippen LogP contribution is -2.41.